The van der Waals surface area contributed by atoms with Crippen LogP contribution in [-0.4, -0.2) is 55.6 Å². The Hall–Kier alpha value is -1.58. The standard InChI is InChI=1S/C33H55N3/c1-7-32-29(6)24-31-25-33(32)34-15-10-13-30(23-27(4)22-26(2)3)14-19-36-18-11-17-35(20-21-36)16-9-8-12-28(31)5/h24-26,30,34H,4-5,7-23H2,1-3,6H3. The van der Waals surface area contributed by atoms with Crippen molar-refractivity contribution in [2.24, 2.45) is 11.8 Å². The Morgan fingerprint density at radius 2 is 1.69 bits per heavy atom. The van der Waals surface area contributed by atoms with Gasteiger partial charge in [0.1, 0.15) is 0 Å². The van der Waals surface area contributed by atoms with Crippen LogP contribution < -0.4 is 5.32 Å². The zero-order valence-electron chi connectivity index (χ0n) is 24.1. The third kappa shape index (κ3) is 9.38. The summed E-state index contributed by atoms with van der Waals surface area (Å²) in [7, 11) is 0. The van der Waals surface area contributed by atoms with E-state index in [0.29, 0.717) is 5.92 Å². The number of nitrogens with one attached hydrogen (secondary N) is 1. The van der Waals surface area contributed by atoms with Gasteiger partial charge < -0.3 is 15.1 Å². The van der Waals surface area contributed by atoms with E-state index in [2.05, 4.69) is 68.1 Å². The Labute approximate surface area is 223 Å². The highest BCUT2D eigenvalue weighted by Gasteiger charge is 2.18. The summed E-state index contributed by atoms with van der Waals surface area (Å²) in [6.45, 7) is 26.7. The molecule has 202 valence electrons. The fraction of sp³-hybridized carbons (Fsp3) is 0.697. The number of fused-ring (bicyclic) bond motifs is 5. The van der Waals surface area contributed by atoms with Crippen molar-refractivity contribution in [1.29, 1.82) is 0 Å². The van der Waals surface area contributed by atoms with E-state index in [9.17, 15) is 0 Å². The van der Waals surface area contributed by atoms with Gasteiger partial charge in [0.25, 0.3) is 0 Å². The van der Waals surface area contributed by atoms with E-state index in [1.165, 1.54) is 124 Å². The van der Waals surface area contributed by atoms with Crippen molar-refractivity contribution in [2.75, 3.05) is 51.1 Å². The lowest BCUT2D eigenvalue weighted by Gasteiger charge is -2.25. The molecule has 3 heteroatoms. The molecule has 36 heavy (non-hydrogen) atoms. The summed E-state index contributed by atoms with van der Waals surface area (Å²) in [5.41, 5.74) is 8.29. The normalized spacial score (nSPS) is 24.9. The van der Waals surface area contributed by atoms with E-state index < -0.39 is 0 Å². The van der Waals surface area contributed by atoms with Crippen LogP contribution in [0.3, 0.4) is 0 Å². The molecule has 0 aromatic heterocycles. The molecule has 1 aromatic rings. The molecule has 1 saturated heterocycles. The smallest absolute Gasteiger partial charge is 0.0381 e. The van der Waals surface area contributed by atoms with Crippen molar-refractivity contribution < 1.29 is 0 Å². The Kier molecular flexibility index (Phi) is 12.1. The molecule has 1 fully saturated rings. The van der Waals surface area contributed by atoms with E-state index in [4.69, 9.17) is 0 Å². The predicted octanol–water partition coefficient (Wildman–Crippen LogP) is 7.95. The first-order valence-electron chi connectivity index (χ1n) is 15.0. The van der Waals surface area contributed by atoms with Crippen LogP contribution in [0.2, 0.25) is 0 Å². The molecule has 0 saturated carbocycles. The van der Waals surface area contributed by atoms with Crippen LogP contribution in [0.25, 0.3) is 5.57 Å². The lowest BCUT2D eigenvalue weighted by atomic mass is 9.89. The molecule has 0 spiro atoms. The summed E-state index contributed by atoms with van der Waals surface area (Å²) in [4.78, 5) is 5.45. The van der Waals surface area contributed by atoms with Crippen LogP contribution in [0.4, 0.5) is 5.69 Å². The lowest BCUT2D eigenvalue weighted by molar-refractivity contribution is 0.238. The number of hydrogen-bond donors (Lipinski definition) is 1. The van der Waals surface area contributed by atoms with Gasteiger partial charge in [-0.15, -0.1) is 0 Å². The Bertz CT molecular complexity index is 840. The van der Waals surface area contributed by atoms with Crippen molar-refractivity contribution in [3.63, 3.8) is 0 Å². The summed E-state index contributed by atoms with van der Waals surface area (Å²) < 4.78 is 0. The zero-order valence-corrected chi connectivity index (χ0v) is 24.1. The Morgan fingerprint density at radius 1 is 0.972 bits per heavy atom. The van der Waals surface area contributed by atoms with Crippen LogP contribution in [0.5, 0.6) is 0 Å². The van der Waals surface area contributed by atoms with E-state index in [1.54, 1.807) is 0 Å². The van der Waals surface area contributed by atoms with Gasteiger partial charge in [0.15, 0.2) is 0 Å². The van der Waals surface area contributed by atoms with E-state index in [0.717, 1.165) is 25.3 Å². The van der Waals surface area contributed by atoms with Crippen molar-refractivity contribution in [1.82, 2.24) is 9.80 Å². The van der Waals surface area contributed by atoms with Gasteiger partial charge in [-0.25, -0.2) is 0 Å². The molecule has 2 heterocycles. The topological polar surface area (TPSA) is 18.5 Å². The molecule has 3 atom stereocenters. The van der Waals surface area contributed by atoms with Crippen molar-refractivity contribution in [2.45, 2.75) is 91.9 Å². The maximum absolute atomic E-state index is 4.49. The molecule has 1 N–H and O–H groups in total. The average molecular weight is 494 g/mol. The SMILES string of the molecule is C=C(CC(C)C)CC1CCCNc2cc(cc(C)c2CC)C(=C)CCCCN2CCCN(CC1)CC2. The van der Waals surface area contributed by atoms with Gasteiger partial charge in [-0.3, -0.25) is 0 Å². The summed E-state index contributed by atoms with van der Waals surface area (Å²) >= 11 is 0. The first kappa shape index (κ1) is 29.0. The third-order valence-corrected chi connectivity index (χ3v) is 8.35. The number of benzene rings is 1. The number of nitrogens with zero attached hydrogens (tertiary/aromatic N) is 2. The zero-order chi connectivity index (χ0) is 25.9. The van der Waals surface area contributed by atoms with E-state index in [-0.39, 0.29) is 0 Å². The van der Waals surface area contributed by atoms with E-state index in [1.807, 2.05) is 0 Å². The monoisotopic (exact) mass is 493 g/mol. The average Bonchev–Trinajstić information content (AvgIpc) is 3.06. The molecule has 0 radical (unpaired) electrons. The van der Waals surface area contributed by atoms with Gasteiger partial charge >= 0.3 is 0 Å². The molecule has 4 bridgehead atoms. The lowest BCUT2D eigenvalue weighted by Crippen LogP contribution is -2.32. The van der Waals surface area contributed by atoms with Gasteiger partial charge in [-0.1, -0.05) is 45.6 Å². The number of aryl methyl sites for hydroxylation is 1. The molecule has 0 amide bonds. The highest BCUT2D eigenvalue weighted by Crippen LogP contribution is 2.29. The van der Waals surface area contributed by atoms with Gasteiger partial charge in [0.2, 0.25) is 0 Å². The minimum atomic E-state index is 0.705. The molecule has 1 aromatic carbocycles. The van der Waals surface area contributed by atoms with Crippen LogP contribution >= 0.6 is 0 Å². The van der Waals surface area contributed by atoms with Gasteiger partial charge in [-0.05, 0) is 137 Å². The highest BCUT2D eigenvalue weighted by atomic mass is 15.2. The first-order valence-corrected chi connectivity index (χ1v) is 15.0. The minimum Gasteiger partial charge on any atom is -0.385 e. The van der Waals surface area contributed by atoms with Crippen molar-refractivity contribution in [3.05, 3.63) is 47.6 Å². The van der Waals surface area contributed by atoms with Gasteiger partial charge in [-0.2, -0.15) is 0 Å². The van der Waals surface area contributed by atoms with Crippen molar-refractivity contribution in [3.8, 4) is 0 Å². The molecule has 0 aliphatic carbocycles. The van der Waals surface area contributed by atoms with E-state index >= 15 is 0 Å². The second kappa shape index (κ2) is 15.0. The fourth-order valence-corrected chi connectivity index (χ4v) is 6.33. The summed E-state index contributed by atoms with van der Waals surface area (Å²) in [5.74, 6) is 1.45. The van der Waals surface area contributed by atoms with Crippen LogP contribution in [-0.2, 0) is 6.42 Å². The predicted molar refractivity (Wildman–Crippen MR) is 160 cm³/mol. The van der Waals surface area contributed by atoms with Gasteiger partial charge in [0.05, 0.1) is 0 Å². The summed E-state index contributed by atoms with van der Waals surface area (Å²) in [5, 5.41) is 3.84. The van der Waals surface area contributed by atoms with Crippen LogP contribution in [0.15, 0.2) is 30.9 Å². The number of allylic oxidation sites excluding steroid dienone is 2. The molecule has 3 rings (SSSR count). The molecule has 2 aliphatic heterocycles. The largest absolute Gasteiger partial charge is 0.385 e. The Balaban J connectivity index is 1.73. The molecule has 3 nitrogen and oxygen atoms in total. The second-order valence-electron chi connectivity index (χ2n) is 12.0. The quantitative estimate of drug-likeness (QED) is 0.420. The van der Waals surface area contributed by atoms with Crippen molar-refractivity contribution >= 4 is 11.3 Å². The third-order valence-electron chi connectivity index (χ3n) is 8.35. The molecule has 2 aliphatic rings. The second-order valence-corrected chi connectivity index (χ2v) is 12.0. The van der Waals surface area contributed by atoms with Crippen LogP contribution in [0.1, 0.15) is 95.2 Å². The number of hydrogen-bond acceptors (Lipinski definition) is 3. The number of anilines is 1. The summed E-state index contributed by atoms with van der Waals surface area (Å²) in [6.07, 6.45) is 12.2. The molecular formula is C33H55N3. The molecule has 3 unspecified atom stereocenters. The van der Waals surface area contributed by atoms with Crippen LogP contribution in [0, 0.1) is 18.8 Å². The summed E-state index contributed by atoms with van der Waals surface area (Å²) in [6, 6.07) is 4.75. The first-order chi connectivity index (χ1) is 17.4. The fourth-order valence-electron chi connectivity index (χ4n) is 6.33. The maximum atomic E-state index is 4.49. The highest BCUT2D eigenvalue weighted by molar-refractivity contribution is 5.70. The van der Waals surface area contributed by atoms with Gasteiger partial charge in [0, 0.05) is 25.3 Å². The number of rotatable bonds is 5. The minimum absolute atomic E-state index is 0.705. The molecular weight excluding hydrogens is 438 g/mol. The maximum Gasteiger partial charge on any atom is 0.0381 e. The Morgan fingerprint density at radius 3 is 2.42 bits per heavy atom.